The van der Waals surface area contributed by atoms with Crippen molar-refractivity contribution in [2.75, 3.05) is 13.7 Å². The molecule has 3 atom stereocenters. The predicted molar refractivity (Wildman–Crippen MR) is 89.1 cm³/mol. The summed E-state index contributed by atoms with van der Waals surface area (Å²) in [4.78, 5) is 0. The van der Waals surface area contributed by atoms with E-state index in [1.165, 1.54) is 5.56 Å². The minimum atomic E-state index is -0.366. The van der Waals surface area contributed by atoms with Crippen LogP contribution in [0.4, 0.5) is 0 Å². The monoisotopic (exact) mass is 313 g/mol. The molecule has 1 aliphatic heterocycles. The Kier molecular flexibility index (Phi) is 5.28. The third-order valence-corrected chi connectivity index (χ3v) is 4.19. The molecule has 0 aromatic heterocycles. The van der Waals surface area contributed by atoms with Gasteiger partial charge in [-0.1, -0.05) is 48.5 Å². The summed E-state index contributed by atoms with van der Waals surface area (Å²) in [5.74, 6) is 0.900. The fourth-order valence-electron chi connectivity index (χ4n) is 2.93. The highest BCUT2D eigenvalue weighted by Gasteiger charge is 2.33. The van der Waals surface area contributed by atoms with Gasteiger partial charge in [0.1, 0.15) is 5.75 Å². The molecule has 0 fully saturated rings. The summed E-state index contributed by atoms with van der Waals surface area (Å²) in [6.07, 6.45) is 0.424. The first-order valence-corrected chi connectivity index (χ1v) is 7.92. The normalized spacial score (nSPS) is 19.5. The van der Waals surface area contributed by atoms with E-state index in [1.807, 2.05) is 42.5 Å². The summed E-state index contributed by atoms with van der Waals surface area (Å²) >= 11 is 0. The van der Waals surface area contributed by atoms with Gasteiger partial charge in [0.25, 0.3) is 0 Å². The van der Waals surface area contributed by atoms with Crippen LogP contribution in [0.25, 0.3) is 0 Å². The van der Waals surface area contributed by atoms with Gasteiger partial charge in [-0.15, -0.1) is 0 Å². The number of ether oxygens (including phenoxy) is 3. The van der Waals surface area contributed by atoms with Gasteiger partial charge in [0.05, 0.1) is 13.2 Å². The fourth-order valence-corrected chi connectivity index (χ4v) is 2.93. The maximum atomic E-state index is 6.34. The first-order valence-electron chi connectivity index (χ1n) is 7.92. The van der Waals surface area contributed by atoms with Crippen LogP contribution in [0.3, 0.4) is 0 Å². The zero-order valence-electron chi connectivity index (χ0n) is 13.4. The van der Waals surface area contributed by atoms with Crippen molar-refractivity contribution < 1.29 is 14.2 Å². The molecule has 2 aromatic carbocycles. The minimum absolute atomic E-state index is 0.0192. The van der Waals surface area contributed by atoms with Crippen LogP contribution in [0.5, 0.6) is 5.75 Å². The first-order chi connectivity index (χ1) is 11.3. The van der Waals surface area contributed by atoms with E-state index in [1.54, 1.807) is 7.11 Å². The number of hydrogen-bond acceptors (Lipinski definition) is 4. The lowest BCUT2D eigenvalue weighted by Gasteiger charge is -2.35. The second kappa shape index (κ2) is 7.59. The Morgan fingerprint density at radius 3 is 2.65 bits per heavy atom. The molecule has 0 bridgehead atoms. The smallest absolute Gasteiger partial charge is 0.204 e. The van der Waals surface area contributed by atoms with Crippen LogP contribution < -0.4 is 10.5 Å². The van der Waals surface area contributed by atoms with E-state index in [0.717, 1.165) is 17.7 Å². The summed E-state index contributed by atoms with van der Waals surface area (Å²) in [6, 6.07) is 18.1. The molecule has 0 amide bonds. The van der Waals surface area contributed by atoms with Crippen LogP contribution in [0.15, 0.2) is 54.6 Å². The van der Waals surface area contributed by atoms with Gasteiger partial charge in [-0.2, -0.15) is 0 Å². The summed E-state index contributed by atoms with van der Waals surface area (Å²) in [7, 11) is 1.66. The van der Waals surface area contributed by atoms with E-state index in [4.69, 9.17) is 19.9 Å². The molecule has 0 saturated heterocycles. The molecule has 2 aromatic rings. The Morgan fingerprint density at radius 2 is 1.87 bits per heavy atom. The van der Waals surface area contributed by atoms with Gasteiger partial charge in [-0.3, -0.25) is 0 Å². The molecule has 1 heterocycles. The molecule has 3 rings (SSSR count). The van der Waals surface area contributed by atoms with Crippen molar-refractivity contribution in [3.63, 3.8) is 0 Å². The van der Waals surface area contributed by atoms with Gasteiger partial charge < -0.3 is 19.9 Å². The maximum absolute atomic E-state index is 6.34. The van der Waals surface area contributed by atoms with Gasteiger partial charge >= 0.3 is 0 Å². The lowest BCUT2D eigenvalue weighted by Crippen LogP contribution is -2.46. The van der Waals surface area contributed by atoms with Crippen molar-refractivity contribution in [3.05, 3.63) is 65.7 Å². The molecule has 4 nitrogen and oxygen atoms in total. The van der Waals surface area contributed by atoms with E-state index in [-0.39, 0.29) is 18.2 Å². The Balaban J connectivity index is 1.78. The van der Waals surface area contributed by atoms with Gasteiger partial charge in [0.15, 0.2) is 0 Å². The van der Waals surface area contributed by atoms with Crippen LogP contribution in [0.1, 0.15) is 11.1 Å². The van der Waals surface area contributed by atoms with Crippen molar-refractivity contribution in [1.29, 1.82) is 0 Å². The average Bonchev–Trinajstić information content (AvgIpc) is 2.60. The summed E-state index contributed by atoms with van der Waals surface area (Å²) in [5, 5.41) is 0. The molecular weight excluding hydrogens is 290 g/mol. The van der Waals surface area contributed by atoms with Crippen LogP contribution in [0, 0.1) is 5.92 Å². The Morgan fingerprint density at radius 1 is 1.13 bits per heavy atom. The van der Waals surface area contributed by atoms with E-state index in [2.05, 4.69) is 12.1 Å². The standard InChI is InChI=1S/C19H23NO3/c1-21-13-17(20)16(11-14-7-3-2-4-8-14)19-22-12-15-9-5-6-10-18(15)23-19/h2-10,16-17,19H,11-13,20H2,1H3. The Bertz CT molecular complexity index is 617. The number of nitrogens with two attached hydrogens (primary N) is 1. The van der Waals surface area contributed by atoms with E-state index in [0.29, 0.717) is 13.2 Å². The van der Waals surface area contributed by atoms with Crippen molar-refractivity contribution in [3.8, 4) is 5.75 Å². The molecule has 0 aliphatic carbocycles. The highest BCUT2D eigenvalue weighted by atomic mass is 16.7. The number of methoxy groups -OCH3 is 1. The molecule has 122 valence electrons. The van der Waals surface area contributed by atoms with Crippen LogP contribution in [0.2, 0.25) is 0 Å². The largest absolute Gasteiger partial charge is 0.464 e. The molecular formula is C19H23NO3. The number of para-hydroxylation sites is 1. The highest BCUT2D eigenvalue weighted by molar-refractivity contribution is 5.33. The second-order valence-electron chi connectivity index (χ2n) is 5.88. The number of fused-ring (bicyclic) bond motifs is 1. The predicted octanol–water partition coefficient (Wildman–Crippen LogP) is 2.75. The molecule has 4 heteroatoms. The maximum Gasteiger partial charge on any atom is 0.204 e. The van der Waals surface area contributed by atoms with Crippen molar-refractivity contribution >= 4 is 0 Å². The Hall–Kier alpha value is -1.88. The lowest BCUT2D eigenvalue weighted by molar-refractivity contribution is -0.147. The number of rotatable bonds is 6. The van der Waals surface area contributed by atoms with Crippen molar-refractivity contribution in [1.82, 2.24) is 0 Å². The van der Waals surface area contributed by atoms with E-state index < -0.39 is 0 Å². The number of benzene rings is 2. The van der Waals surface area contributed by atoms with Gasteiger partial charge in [-0.05, 0) is 18.1 Å². The molecule has 1 aliphatic rings. The molecule has 0 spiro atoms. The summed E-state index contributed by atoms with van der Waals surface area (Å²) in [5.41, 5.74) is 8.63. The molecule has 3 unspecified atom stereocenters. The molecule has 23 heavy (non-hydrogen) atoms. The Labute approximate surface area is 137 Å². The minimum Gasteiger partial charge on any atom is -0.464 e. The van der Waals surface area contributed by atoms with Crippen LogP contribution in [-0.4, -0.2) is 26.0 Å². The van der Waals surface area contributed by atoms with Crippen LogP contribution >= 0.6 is 0 Å². The zero-order valence-corrected chi connectivity index (χ0v) is 13.4. The van der Waals surface area contributed by atoms with Gasteiger partial charge in [0, 0.05) is 24.6 Å². The lowest BCUT2D eigenvalue weighted by atomic mass is 9.91. The third-order valence-electron chi connectivity index (χ3n) is 4.19. The molecule has 2 N–H and O–H groups in total. The topological polar surface area (TPSA) is 53.7 Å². The van der Waals surface area contributed by atoms with Gasteiger partial charge in [-0.25, -0.2) is 0 Å². The number of hydrogen-bond donors (Lipinski definition) is 1. The van der Waals surface area contributed by atoms with Crippen molar-refractivity contribution in [2.24, 2.45) is 11.7 Å². The molecule has 0 radical (unpaired) electrons. The van der Waals surface area contributed by atoms with E-state index in [9.17, 15) is 0 Å². The summed E-state index contributed by atoms with van der Waals surface area (Å²) < 4.78 is 17.3. The highest BCUT2D eigenvalue weighted by Crippen LogP contribution is 2.30. The molecule has 0 saturated carbocycles. The summed E-state index contributed by atoms with van der Waals surface area (Å²) in [6.45, 7) is 1.02. The van der Waals surface area contributed by atoms with Crippen molar-refractivity contribution in [2.45, 2.75) is 25.4 Å². The SMILES string of the molecule is COCC(N)C(Cc1ccccc1)C1OCc2ccccc2O1. The first kappa shape index (κ1) is 16.0. The third kappa shape index (κ3) is 3.91. The average molecular weight is 313 g/mol. The van der Waals surface area contributed by atoms with E-state index >= 15 is 0 Å². The van der Waals surface area contributed by atoms with Gasteiger partial charge in [0.2, 0.25) is 6.29 Å². The fraction of sp³-hybridized carbons (Fsp3) is 0.368. The second-order valence-corrected chi connectivity index (χ2v) is 5.88. The quantitative estimate of drug-likeness (QED) is 0.891. The van der Waals surface area contributed by atoms with Crippen LogP contribution in [-0.2, 0) is 22.5 Å². The zero-order chi connectivity index (χ0) is 16.1.